The van der Waals surface area contributed by atoms with Crippen molar-refractivity contribution in [1.29, 1.82) is 0 Å². The Morgan fingerprint density at radius 3 is 2.37 bits per heavy atom. The second kappa shape index (κ2) is 7.29. The zero-order valence-electron chi connectivity index (χ0n) is 11.7. The summed E-state index contributed by atoms with van der Waals surface area (Å²) in [5.74, 6) is -0.205. The van der Waals surface area contributed by atoms with E-state index in [1.165, 1.54) is 32.6 Å². The van der Waals surface area contributed by atoms with Crippen molar-refractivity contribution in [2.24, 2.45) is 0 Å². The first-order valence-corrected chi connectivity index (χ1v) is 7.20. The Hall–Kier alpha value is -1.35. The van der Waals surface area contributed by atoms with Crippen molar-refractivity contribution in [3.63, 3.8) is 0 Å². The predicted octanol–water partition coefficient (Wildman–Crippen LogP) is 3.17. The second-order valence-corrected chi connectivity index (χ2v) is 5.22. The number of ether oxygens (including phenoxy) is 1. The largest absolute Gasteiger partial charge is 0.456 e. The van der Waals surface area contributed by atoms with Crippen molar-refractivity contribution >= 4 is 5.97 Å². The molecule has 1 aliphatic heterocycles. The number of benzene rings is 1. The molecule has 1 aromatic rings. The maximum absolute atomic E-state index is 11.3. The molecule has 0 aliphatic carbocycles. The van der Waals surface area contributed by atoms with Crippen molar-refractivity contribution in [3.05, 3.63) is 35.9 Å². The summed E-state index contributed by atoms with van der Waals surface area (Å²) < 4.78 is 5.50. The maximum atomic E-state index is 11.3. The summed E-state index contributed by atoms with van der Waals surface area (Å²) in [7, 11) is 0. The Labute approximate surface area is 115 Å². The number of carbonyl (C=O) groups is 1. The average Bonchev–Trinajstić information content (AvgIpc) is 2.67. The summed E-state index contributed by atoms with van der Waals surface area (Å²) in [6.07, 6.45) is 5.00. The van der Waals surface area contributed by atoms with Gasteiger partial charge in [-0.1, -0.05) is 43.2 Å². The van der Waals surface area contributed by atoms with Gasteiger partial charge in [-0.05, 0) is 31.5 Å². The van der Waals surface area contributed by atoms with Crippen molar-refractivity contribution in [1.82, 2.24) is 4.90 Å². The maximum Gasteiger partial charge on any atom is 0.303 e. The van der Waals surface area contributed by atoms with E-state index in [4.69, 9.17) is 4.74 Å². The lowest BCUT2D eigenvalue weighted by molar-refractivity contribution is -0.147. The van der Waals surface area contributed by atoms with Gasteiger partial charge in [-0.15, -0.1) is 0 Å². The average molecular weight is 261 g/mol. The molecule has 0 bridgehead atoms. The lowest BCUT2D eigenvalue weighted by Gasteiger charge is -2.26. The molecule has 1 saturated heterocycles. The Morgan fingerprint density at radius 1 is 1.16 bits per heavy atom. The monoisotopic (exact) mass is 261 g/mol. The summed E-state index contributed by atoms with van der Waals surface area (Å²) >= 11 is 0. The fourth-order valence-corrected chi connectivity index (χ4v) is 2.63. The smallest absolute Gasteiger partial charge is 0.303 e. The molecule has 1 unspecified atom stereocenters. The number of hydrogen-bond acceptors (Lipinski definition) is 3. The van der Waals surface area contributed by atoms with E-state index in [0.717, 1.165) is 25.2 Å². The molecule has 19 heavy (non-hydrogen) atoms. The molecule has 1 heterocycles. The van der Waals surface area contributed by atoms with E-state index in [1.54, 1.807) is 0 Å². The Balaban J connectivity index is 2.02. The van der Waals surface area contributed by atoms with Crippen LogP contribution < -0.4 is 0 Å². The second-order valence-electron chi connectivity index (χ2n) is 5.22. The molecule has 0 N–H and O–H groups in total. The van der Waals surface area contributed by atoms with Crippen LogP contribution in [0.3, 0.4) is 0 Å². The number of hydrogen-bond donors (Lipinski definition) is 0. The van der Waals surface area contributed by atoms with Crippen LogP contribution in [0.2, 0.25) is 0 Å². The Bertz CT molecular complexity index is 383. The molecule has 3 nitrogen and oxygen atoms in total. The quantitative estimate of drug-likeness (QED) is 0.780. The molecule has 1 aliphatic rings. The highest BCUT2D eigenvalue weighted by atomic mass is 16.5. The molecular weight excluding hydrogens is 238 g/mol. The van der Waals surface area contributed by atoms with Crippen molar-refractivity contribution in [2.75, 3.05) is 19.6 Å². The van der Waals surface area contributed by atoms with Crippen LogP contribution >= 0.6 is 0 Å². The van der Waals surface area contributed by atoms with Gasteiger partial charge in [0.2, 0.25) is 0 Å². The highest BCUT2D eigenvalue weighted by molar-refractivity contribution is 5.66. The van der Waals surface area contributed by atoms with Gasteiger partial charge in [0.1, 0.15) is 6.10 Å². The van der Waals surface area contributed by atoms with Crippen LogP contribution in [0.1, 0.15) is 44.3 Å². The Kier molecular flexibility index (Phi) is 5.40. The van der Waals surface area contributed by atoms with Crippen LogP contribution in [0.15, 0.2) is 30.3 Å². The van der Waals surface area contributed by atoms with Crippen LogP contribution in [0.4, 0.5) is 0 Å². The minimum absolute atomic E-state index is 0.142. The van der Waals surface area contributed by atoms with E-state index in [-0.39, 0.29) is 12.1 Å². The lowest BCUT2D eigenvalue weighted by Crippen LogP contribution is -2.31. The van der Waals surface area contributed by atoms with Gasteiger partial charge in [-0.2, -0.15) is 0 Å². The van der Waals surface area contributed by atoms with E-state index < -0.39 is 0 Å². The van der Waals surface area contributed by atoms with E-state index in [9.17, 15) is 4.79 Å². The van der Waals surface area contributed by atoms with Crippen molar-refractivity contribution < 1.29 is 9.53 Å². The highest BCUT2D eigenvalue weighted by Crippen LogP contribution is 2.20. The first-order valence-electron chi connectivity index (χ1n) is 7.20. The third kappa shape index (κ3) is 4.67. The SMILES string of the molecule is CC(=O)OC(CN1CCCCCC1)c1ccccc1. The predicted molar refractivity (Wildman–Crippen MR) is 75.9 cm³/mol. The van der Waals surface area contributed by atoms with Crippen LogP contribution in [0.25, 0.3) is 0 Å². The third-order valence-electron chi connectivity index (χ3n) is 3.60. The molecule has 0 radical (unpaired) electrons. The van der Waals surface area contributed by atoms with Crippen molar-refractivity contribution in [3.8, 4) is 0 Å². The Morgan fingerprint density at radius 2 is 1.79 bits per heavy atom. The molecule has 1 aromatic carbocycles. The standard InChI is InChI=1S/C16H23NO2/c1-14(18)19-16(15-9-5-4-6-10-15)13-17-11-7-2-3-8-12-17/h4-6,9-10,16H,2-3,7-8,11-13H2,1H3. The minimum Gasteiger partial charge on any atom is -0.456 e. The molecule has 2 rings (SSSR count). The fourth-order valence-electron chi connectivity index (χ4n) is 2.63. The summed E-state index contributed by atoms with van der Waals surface area (Å²) in [4.78, 5) is 13.7. The first-order chi connectivity index (χ1) is 9.25. The summed E-state index contributed by atoms with van der Waals surface area (Å²) in [6, 6.07) is 10.0. The van der Waals surface area contributed by atoms with Gasteiger partial charge in [-0.3, -0.25) is 9.69 Å². The molecule has 1 fully saturated rings. The van der Waals surface area contributed by atoms with Crippen molar-refractivity contribution in [2.45, 2.75) is 38.7 Å². The number of esters is 1. The van der Waals surface area contributed by atoms with Gasteiger partial charge in [0.05, 0.1) is 0 Å². The molecule has 0 saturated carbocycles. The van der Waals surface area contributed by atoms with E-state index in [0.29, 0.717) is 0 Å². The molecule has 0 amide bonds. The highest BCUT2D eigenvalue weighted by Gasteiger charge is 2.19. The van der Waals surface area contributed by atoms with Crippen LogP contribution in [-0.2, 0) is 9.53 Å². The normalized spacial score (nSPS) is 18.6. The summed E-state index contributed by atoms with van der Waals surface area (Å²) in [6.45, 7) is 4.52. The number of likely N-dealkylation sites (tertiary alicyclic amines) is 1. The van der Waals surface area contributed by atoms with E-state index >= 15 is 0 Å². The topological polar surface area (TPSA) is 29.5 Å². The van der Waals surface area contributed by atoms with Gasteiger partial charge < -0.3 is 4.74 Å². The van der Waals surface area contributed by atoms with Gasteiger partial charge in [-0.25, -0.2) is 0 Å². The van der Waals surface area contributed by atoms with E-state index in [1.807, 2.05) is 30.3 Å². The minimum atomic E-state index is -0.205. The van der Waals surface area contributed by atoms with Gasteiger partial charge in [0, 0.05) is 13.5 Å². The third-order valence-corrected chi connectivity index (χ3v) is 3.60. The van der Waals surface area contributed by atoms with Gasteiger partial charge in [0.15, 0.2) is 0 Å². The molecule has 1 atom stereocenters. The fraction of sp³-hybridized carbons (Fsp3) is 0.562. The molecule has 0 spiro atoms. The lowest BCUT2D eigenvalue weighted by atomic mass is 10.1. The molecule has 104 valence electrons. The molecule has 3 heteroatoms. The van der Waals surface area contributed by atoms with E-state index in [2.05, 4.69) is 4.90 Å². The zero-order chi connectivity index (χ0) is 13.5. The van der Waals surface area contributed by atoms with Crippen LogP contribution in [-0.4, -0.2) is 30.5 Å². The van der Waals surface area contributed by atoms with Crippen LogP contribution in [0.5, 0.6) is 0 Å². The summed E-state index contributed by atoms with van der Waals surface area (Å²) in [5.41, 5.74) is 1.09. The van der Waals surface area contributed by atoms with Gasteiger partial charge >= 0.3 is 5.97 Å². The van der Waals surface area contributed by atoms with Crippen LogP contribution in [0, 0.1) is 0 Å². The molecule has 0 aromatic heterocycles. The van der Waals surface area contributed by atoms with Gasteiger partial charge in [0.25, 0.3) is 0 Å². The number of rotatable bonds is 4. The number of carbonyl (C=O) groups excluding carboxylic acids is 1. The summed E-state index contributed by atoms with van der Waals surface area (Å²) in [5, 5.41) is 0. The first kappa shape index (κ1) is 14.1. The zero-order valence-corrected chi connectivity index (χ0v) is 11.7. The number of nitrogens with zero attached hydrogens (tertiary/aromatic N) is 1. The molecular formula is C16H23NO2.